The number of carbonyl (C=O) groups is 1. The van der Waals surface area contributed by atoms with E-state index in [2.05, 4.69) is 21.2 Å². The molecule has 0 radical (unpaired) electrons. The molecule has 3 rings (SSSR count). The number of benzene rings is 3. The summed E-state index contributed by atoms with van der Waals surface area (Å²) in [5.41, 5.74) is 2.85. The minimum Gasteiger partial charge on any atom is -0.497 e. The monoisotopic (exact) mass is 589 g/mol. The molecule has 198 valence electrons. The molecule has 7 nitrogen and oxygen atoms in total. The fraction of sp³-hybridized carbons (Fsp3) is 0.321. The van der Waals surface area contributed by atoms with Crippen LogP contribution in [0.2, 0.25) is 0 Å². The lowest BCUT2D eigenvalue weighted by Crippen LogP contribution is -2.52. The first kappa shape index (κ1) is 28.8. The highest BCUT2D eigenvalue weighted by atomic mass is 79.9. The number of hydrogen-bond acceptors (Lipinski definition) is 6. The summed E-state index contributed by atoms with van der Waals surface area (Å²) < 4.78 is 29.2. The summed E-state index contributed by atoms with van der Waals surface area (Å²) in [4.78, 5) is 12.7. The SMILES string of the molecule is COc1ccc(COC[C@@H](Br)[C@H](NC(=O)OCc2ccccc2)[C@H](O)C[S@@](=O)c2ccc(C)cc2)cc1. The largest absolute Gasteiger partial charge is 0.497 e. The predicted molar refractivity (Wildman–Crippen MR) is 147 cm³/mol. The van der Waals surface area contributed by atoms with Crippen LogP contribution in [-0.2, 0) is 33.5 Å². The van der Waals surface area contributed by atoms with Gasteiger partial charge in [0.25, 0.3) is 0 Å². The summed E-state index contributed by atoms with van der Waals surface area (Å²) in [6.45, 7) is 2.56. The second-order valence-electron chi connectivity index (χ2n) is 8.50. The van der Waals surface area contributed by atoms with Crippen molar-refractivity contribution in [3.8, 4) is 5.75 Å². The van der Waals surface area contributed by atoms with E-state index in [9.17, 15) is 14.1 Å². The van der Waals surface area contributed by atoms with Crippen molar-refractivity contribution in [2.45, 2.75) is 42.0 Å². The summed E-state index contributed by atoms with van der Waals surface area (Å²) in [5.74, 6) is 0.692. The van der Waals surface area contributed by atoms with Gasteiger partial charge in [0.1, 0.15) is 12.4 Å². The molecule has 3 aromatic carbocycles. The van der Waals surface area contributed by atoms with Crippen LogP contribution in [0, 0.1) is 6.92 Å². The van der Waals surface area contributed by atoms with Gasteiger partial charge in [-0.3, -0.25) is 4.21 Å². The van der Waals surface area contributed by atoms with E-state index in [-0.39, 0.29) is 19.0 Å². The second kappa shape index (κ2) is 14.9. The van der Waals surface area contributed by atoms with Gasteiger partial charge in [-0.2, -0.15) is 0 Å². The Morgan fingerprint density at radius 3 is 2.27 bits per heavy atom. The molecule has 0 aliphatic heterocycles. The smallest absolute Gasteiger partial charge is 0.407 e. The molecule has 3 aromatic rings. The number of rotatable bonds is 13. The molecule has 37 heavy (non-hydrogen) atoms. The molecular weight excluding hydrogens is 558 g/mol. The molecule has 0 fully saturated rings. The number of ether oxygens (including phenoxy) is 3. The maximum atomic E-state index is 12.9. The molecule has 1 amide bonds. The fourth-order valence-corrected chi connectivity index (χ4v) is 5.31. The first-order chi connectivity index (χ1) is 17.9. The summed E-state index contributed by atoms with van der Waals surface area (Å²) in [6.07, 6.45) is -1.81. The molecule has 0 aromatic heterocycles. The Hall–Kier alpha value is -2.72. The van der Waals surface area contributed by atoms with Crippen molar-refractivity contribution in [2.75, 3.05) is 19.5 Å². The molecule has 2 N–H and O–H groups in total. The maximum Gasteiger partial charge on any atom is 0.407 e. The third-order valence-corrected chi connectivity index (χ3v) is 7.89. The van der Waals surface area contributed by atoms with Crippen molar-refractivity contribution in [1.82, 2.24) is 5.32 Å². The Morgan fingerprint density at radius 2 is 1.62 bits per heavy atom. The number of carbonyl (C=O) groups excluding carboxylic acids is 1. The third-order valence-electron chi connectivity index (χ3n) is 5.61. The highest BCUT2D eigenvalue weighted by Crippen LogP contribution is 2.17. The van der Waals surface area contributed by atoms with Gasteiger partial charge in [0, 0.05) is 4.90 Å². The average Bonchev–Trinajstić information content (AvgIpc) is 2.91. The minimum atomic E-state index is -1.46. The number of nitrogens with one attached hydrogen (secondary N) is 1. The van der Waals surface area contributed by atoms with Gasteiger partial charge in [0.15, 0.2) is 0 Å². The number of hydrogen-bond donors (Lipinski definition) is 2. The second-order valence-corrected chi connectivity index (χ2v) is 11.2. The first-order valence-electron chi connectivity index (χ1n) is 11.8. The molecule has 0 aliphatic rings. The number of alkyl carbamates (subject to hydrolysis) is 1. The minimum absolute atomic E-state index is 0.0622. The van der Waals surface area contributed by atoms with Crippen LogP contribution < -0.4 is 10.1 Å². The highest BCUT2D eigenvalue weighted by Gasteiger charge is 2.31. The Labute approximate surface area is 228 Å². The lowest BCUT2D eigenvalue weighted by molar-refractivity contribution is 0.0810. The van der Waals surface area contributed by atoms with E-state index in [1.165, 1.54) is 0 Å². The van der Waals surface area contributed by atoms with Crippen LogP contribution in [0.25, 0.3) is 0 Å². The van der Waals surface area contributed by atoms with Crippen molar-refractivity contribution < 1.29 is 28.3 Å². The van der Waals surface area contributed by atoms with Crippen molar-refractivity contribution in [3.05, 3.63) is 95.6 Å². The fourth-order valence-electron chi connectivity index (χ4n) is 3.49. The lowest BCUT2D eigenvalue weighted by atomic mass is 10.1. The zero-order valence-electron chi connectivity index (χ0n) is 20.8. The molecule has 0 heterocycles. The van der Waals surface area contributed by atoms with Crippen LogP contribution in [-0.4, -0.2) is 51.9 Å². The maximum absolute atomic E-state index is 12.9. The van der Waals surface area contributed by atoms with Gasteiger partial charge in [0.05, 0.1) is 53.8 Å². The number of aliphatic hydroxyl groups is 1. The van der Waals surface area contributed by atoms with Crippen LogP contribution in [0.15, 0.2) is 83.8 Å². The topological polar surface area (TPSA) is 94.1 Å². The Bertz CT molecular complexity index is 1130. The van der Waals surface area contributed by atoms with Gasteiger partial charge in [-0.15, -0.1) is 0 Å². The summed E-state index contributed by atoms with van der Waals surface area (Å²) in [5, 5.41) is 13.7. The van der Waals surface area contributed by atoms with Crippen molar-refractivity contribution in [1.29, 1.82) is 0 Å². The number of amides is 1. The number of aryl methyl sites for hydroxylation is 1. The Morgan fingerprint density at radius 1 is 0.973 bits per heavy atom. The molecular formula is C28H32BrNO6S. The Balaban J connectivity index is 1.62. The number of alkyl halides is 1. The van der Waals surface area contributed by atoms with E-state index in [4.69, 9.17) is 14.2 Å². The lowest BCUT2D eigenvalue weighted by Gasteiger charge is -2.28. The first-order valence-corrected chi connectivity index (χ1v) is 14.0. The van der Waals surface area contributed by atoms with E-state index in [0.29, 0.717) is 11.5 Å². The van der Waals surface area contributed by atoms with Crippen LogP contribution in [0.3, 0.4) is 0 Å². The average molecular weight is 591 g/mol. The quantitative estimate of drug-likeness (QED) is 0.279. The molecule has 4 atom stereocenters. The predicted octanol–water partition coefficient (Wildman–Crippen LogP) is 4.75. The van der Waals surface area contributed by atoms with E-state index in [1.54, 1.807) is 19.2 Å². The number of aliphatic hydroxyl groups excluding tert-OH is 1. The van der Waals surface area contributed by atoms with Crippen LogP contribution in [0.4, 0.5) is 4.79 Å². The van der Waals surface area contributed by atoms with Gasteiger partial charge < -0.3 is 24.6 Å². The standard InChI is InChI=1S/C28H32BrNO6S/c1-20-8-14-24(15-9-20)37(33)19-26(31)27(30-28(32)36-17-21-6-4-3-5-7-21)25(29)18-35-16-22-10-12-23(34-2)13-11-22/h3-15,25-27,31H,16-19H2,1-2H3,(H,30,32)/t25-,26-,27+,37-/m1/s1. The van der Waals surface area contributed by atoms with Gasteiger partial charge in [-0.05, 0) is 42.3 Å². The van der Waals surface area contributed by atoms with E-state index >= 15 is 0 Å². The van der Waals surface area contributed by atoms with Crippen molar-refractivity contribution >= 4 is 32.8 Å². The molecule has 0 unspecified atom stereocenters. The summed E-state index contributed by atoms with van der Waals surface area (Å²) in [7, 11) is 0.146. The van der Waals surface area contributed by atoms with Gasteiger partial charge in [-0.1, -0.05) is 76.1 Å². The van der Waals surface area contributed by atoms with Crippen molar-refractivity contribution in [2.24, 2.45) is 0 Å². The molecule has 0 bridgehead atoms. The van der Waals surface area contributed by atoms with Crippen molar-refractivity contribution in [3.63, 3.8) is 0 Å². The molecule has 9 heteroatoms. The van der Waals surface area contributed by atoms with Gasteiger partial charge in [0.2, 0.25) is 0 Å². The molecule has 0 saturated carbocycles. The van der Waals surface area contributed by atoms with Crippen LogP contribution in [0.1, 0.15) is 16.7 Å². The third kappa shape index (κ3) is 9.59. The zero-order valence-corrected chi connectivity index (χ0v) is 23.2. The van der Waals surface area contributed by atoms with E-state index < -0.39 is 33.9 Å². The van der Waals surface area contributed by atoms with Gasteiger partial charge in [-0.25, -0.2) is 4.79 Å². The van der Waals surface area contributed by atoms with Crippen LogP contribution in [0.5, 0.6) is 5.75 Å². The number of methoxy groups -OCH3 is 1. The van der Waals surface area contributed by atoms with E-state index in [1.807, 2.05) is 73.7 Å². The van der Waals surface area contributed by atoms with Crippen LogP contribution >= 0.6 is 15.9 Å². The van der Waals surface area contributed by atoms with E-state index in [0.717, 1.165) is 22.4 Å². The zero-order chi connectivity index (χ0) is 26.6. The highest BCUT2D eigenvalue weighted by molar-refractivity contribution is 9.09. The normalized spacial score (nSPS) is 14.3. The summed E-state index contributed by atoms with van der Waals surface area (Å²) in [6, 6.07) is 23.3. The Kier molecular flexibility index (Phi) is 11.6. The molecule has 0 saturated heterocycles. The summed E-state index contributed by atoms with van der Waals surface area (Å²) >= 11 is 3.55. The van der Waals surface area contributed by atoms with Gasteiger partial charge >= 0.3 is 6.09 Å². The number of halogens is 1. The molecule has 0 spiro atoms. The molecule has 0 aliphatic carbocycles.